The van der Waals surface area contributed by atoms with Gasteiger partial charge in [0.05, 0.1) is 16.4 Å². The van der Waals surface area contributed by atoms with E-state index in [1.54, 1.807) is 34.3 Å². The average Bonchev–Trinajstić information content (AvgIpc) is 3.40. The molecule has 0 bridgehead atoms. The van der Waals surface area contributed by atoms with Crippen LogP contribution >= 0.6 is 11.3 Å². The Balaban J connectivity index is 1.24. The molecule has 9 heteroatoms. The predicted molar refractivity (Wildman–Crippen MR) is 125 cm³/mol. The molecule has 4 aromatic rings. The van der Waals surface area contributed by atoms with Crippen molar-refractivity contribution in [1.29, 1.82) is 0 Å². The van der Waals surface area contributed by atoms with Gasteiger partial charge in [0.25, 0.3) is 5.91 Å². The second-order valence-corrected chi connectivity index (χ2v) is 9.06. The van der Waals surface area contributed by atoms with Crippen LogP contribution in [0.2, 0.25) is 0 Å². The van der Waals surface area contributed by atoms with Crippen LogP contribution in [0.25, 0.3) is 21.3 Å². The summed E-state index contributed by atoms with van der Waals surface area (Å²) >= 11 is 1.67. The van der Waals surface area contributed by atoms with Crippen molar-refractivity contribution in [3.63, 3.8) is 0 Å². The van der Waals surface area contributed by atoms with Crippen molar-refractivity contribution in [3.8, 4) is 17.0 Å². The molecule has 8 nitrogen and oxygen atoms in total. The van der Waals surface area contributed by atoms with Crippen molar-refractivity contribution < 1.29 is 9.53 Å². The molecule has 3 heterocycles. The number of para-hydroxylation sites is 1. The Hall–Kier alpha value is -3.46. The fraction of sp³-hybridized carbons (Fsp3) is 0.304. The molecule has 1 aliphatic rings. The van der Waals surface area contributed by atoms with Gasteiger partial charge in [-0.15, -0.1) is 0 Å². The van der Waals surface area contributed by atoms with E-state index in [9.17, 15) is 4.79 Å². The lowest BCUT2D eigenvalue weighted by Crippen LogP contribution is -2.31. The highest BCUT2D eigenvalue weighted by Gasteiger charge is 2.25. The number of ether oxygens (including phenoxy) is 1. The van der Waals surface area contributed by atoms with Crippen LogP contribution in [0.15, 0.2) is 48.9 Å². The number of nitrogens with two attached hydrogens (primary N) is 1. The third-order valence-electron chi connectivity index (χ3n) is 5.75. The number of benzene rings is 1. The maximum Gasteiger partial charge on any atom is 0.254 e. The zero-order valence-electron chi connectivity index (χ0n) is 17.7. The van der Waals surface area contributed by atoms with Crippen LogP contribution < -0.4 is 15.8 Å². The van der Waals surface area contributed by atoms with Gasteiger partial charge < -0.3 is 15.8 Å². The largest absolute Gasteiger partial charge is 0.474 e. The first-order valence-corrected chi connectivity index (χ1v) is 11.4. The molecular weight excluding hydrogens is 424 g/mol. The van der Waals surface area contributed by atoms with E-state index in [1.807, 2.05) is 19.4 Å². The third kappa shape index (κ3) is 4.16. The van der Waals surface area contributed by atoms with Crippen molar-refractivity contribution in [2.45, 2.75) is 37.8 Å². The van der Waals surface area contributed by atoms with E-state index in [0.29, 0.717) is 17.5 Å². The van der Waals surface area contributed by atoms with Crippen molar-refractivity contribution >= 4 is 32.6 Å². The fourth-order valence-corrected chi connectivity index (χ4v) is 5.10. The summed E-state index contributed by atoms with van der Waals surface area (Å²) in [6, 6.07) is 9.91. The van der Waals surface area contributed by atoms with Gasteiger partial charge in [-0.3, -0.25) is 9.48 Å². The first-order valence-electron chi connectivity index (χ1n) is 10.6. The number of amides is 1. The van der Waals surface area contributed by atoms with E-state index in [0.717, 1.165) is 52.2 Å². The zero-order chi connectivity index (χ0) is 22.1. The molecule has 1 aliphatic carbocycles. The summed E-state index contributed by atoms with van der Waals surface area (Å²) in [5, 5.41) is 8.83. The standard InChI is InChI=1S/C23H24N6O2S/c1-29-13-14(12-26-29)17-4-2-6-19-20(17)28-23(32-19)27-15-7-9-16(10-8-15)31-22-18(21(24)30)5-3-11-25-22/h2-6,11-13,15-16H,7-10H2,1H3,(H2,24,30)(H,27,28). The summed E-state index contributed by atoms with van der Waals surface area (Å²) in [6.45, 7) is 0. The Kier molecular flexibility index (Phi) is 5.48. The number of aromatic nitrogens is 4. The van der Waals surface area contributed by atoms with Gasteiger partial charge in [-0.1, -0.05) is 23.5 Å². The fourth-order valence-electron chi connectivity index (χ4n) is 4.13. The third-order valence-corrected chi connectivity index (χ3v) is 6.70. The topological polar surface area (TPSA) is 108 Å². The van der Waals surface area contributed by atoms with Crippen molar-refractivity contribution in [2.75, 3.05) is 5.32 Å². The Morgan fingerprint density at radius 2 is 2.06 bits per heavy atom. The van der Waals surface area contributed by atoms with Gasteiger partial charge in [-0.25, -0.2) is 9.97 Å². The molecule has 1 aromatic carbocycles. The molecule has 1 amide bonds. The van der Waals surface area contributed by atoms with Gasteiger partial charge in [-0.05, 0) is 43.9 Å². The smallest absolute Gasteiger partial charge is 0.254 e. The number of rotatable bonds is 6. The number of primary amides is 1. The lowest BCUT2D eigenvalue weighted by molar-refractivity contribution is 0.0983. The van der Waals surface area contributed by atoms with Crippen LogP contribution in [0.4, 0.5) is 5.13 Å². The molecule has 3 aromatic heterocycles. The van der Waals surface area contributed by atoms with E-state index in [-0.39, 0.29) is 6.10 Å². The summed E-state index contributed by atoms with van der Waals surface area (Å²) in [4.78, 5) is 20.7. The number of thiazole rings is 1. The van der Waals surface area contributed by atoms with E-state index >= 15 is 0 Å². The summed E-state index contributed by atoms with van der Waals surface area (Å²) in [5.74, 6) is -0.199. The number of pyridine rings is 1. The lowest BCUT2D eigenvalue weighted by atomic mass is 9.93. The van der Waals surface area contributed by atoms with Crippen LogP contribution in [0, 0.1) is 0 Å². The number of aryl methyl sites for hydroxylation is 1. The second-order valence-electron chi connectivity index (χ2n) is 8.03. The van der Waals surface area contributed by atoms with Gasteiger partial charge in [0, 0.05) is 36.6 Å². The van der Waals surface area contributed by atoms with Gasteiger partial charge in [-0.2, -0.15) is 5.10 Å². The van der Waals surface area contributed by atoms with Crippen LogP contribution in [-0.2, 0) is 7.05 Å². The van der Waals surface area contributed by atoms with Gasteiger partial charge in [0.15, 0.2) is 5.13 Å². The number of nitrogens with zero attached hydrogens (tertiary/aromatic N) is 4. The maximum atomic E-state index is 11.6. The quantitative estimate of drug-likeness (QED) is 0.462. The molecule has 0 unspecified atom stereocenters. The number of fused-ring (bicyclic) bond motifs is 1. The molecule has 1 saturated carbocycles. The first kappa shape index (κ1) is 20.4. The molecule has 1 fully saturated rings. The van der Waals surface area contributed by atoms with Crippen molar-refractivity contribution in [2.24, 2.45) is 12.8 Å². The highest BCUT2D eigenvalue weighted by atomic mass is 32.1. The average molecular weight is 449 g/mol. The first-order chi connectivity index (χ1) is 15.6. The predicted octanol–water partition coefficient (Wildman–Crippen LogP) is 3.99. The number of hydrogen-bond acceptors (Lipinski definition) is 7. The summed E-state index contributed by atoms with van der Waals surface area (Å²) < 4.78 is 8.96. The molecule has 0 atom stereocenters. The van der Waals surface area contributed by atoms with Crippen LogP contribution in [-0.4, -0.2) is 37.8 Å². The van der Waals surface area contributed by atoms with Crippen LogP contribution in [0.5, 0.6) is 5.88 Å². The Bertz CT molecular complexity index is 1260. The number of carbonyl (C=O) groups is 1. The van der Waals surface area contributed by atoms with E-state index in [1.165, 1.54) is 0 Å². The highest BCUT2D eigenvalue weighted by Crippen LogP contribution is 2.35. The molecular formula is C23H24N6O2S. The molecule has 32 heavy (non-hydrogen) atoms. The van der Waals surface area contributed by atoms with Crippen molar-refractivity contribution in [1.82, 2.24) is 19.7 Å². The number of nitrogens with one attached hydrogen (secondary N) is 1. The summed E-state index contributed by atoms with van der Waals surface area (Å²) in [5.41, 5.74) is 8.92. The minimum atomic E-state index is -0.523. The van der Waals surface area contributed by atoms with E-state index < -0.39 is 5.91 Å². The van der Waals surface area contributed by atoms with Crippen LogP contribution in [0.1, 0.15) is 36.0 Å². The Labute approximate surface area is 189 Å². The molecule has 3 N–H and O–H groups in total. The molecule has 0 spiro atoms. The van der Waals surface area contributed by atoms with Gasteiger partial charge in [0.1, 0.15) is 11.7 Å². The Morgan fingerprint density at radius 1 is 1.22 bits per heavy atom. The molecule has 5 rings (SSSR count). The van der Waals surface area contributed by atoms with Gasteiger partial charge in [0.2, 0.25) is 5.88 Å². The normalized spacial score (nSPS) is 18.5. The second kappa shape index (κ2) is 8.58. The summed E-state index contributed by atoms with van der Waals surface area (Å²) in [6.07, 6.45) is 9.16. The number of anilines is 1. The number of carbonyl (C=O) groups excluding carboxylic acids is 1. The van der Waals surface area contributed by atoms with E-state index in [2.05, 4.69) is 33.6 Å². The molecule has 0 radical (unpaired) electrons. The zero-order valence-corrected chi connectivity index (χ0v) is 18.5. The SMILES string of the molecule is Cn1cc(-c2cccc3sc(NC4CCC(Oc5ncccc5C(N)=O)CC4)nc23)cn1. The molecule has 0 saturated heterocycles. The number of hydrogen-bond donors (Lipinski definition) is 2. The van der Waals surface area contributed by atoms with E-state index in [4.69, 9.17) is 15.5 Å². The monoisotopic (exact) mass is 448 g/mol. The minimum absolute atomic E-state index is 0.0219. The minimum Gasteiger partial charge on any atom is -0.474 e. The van der Waals surface area contributed by atoms with Crippen LogP contribution in [0.3, 0.4) is 0 Å². The Morgan fingerprint density at radius 3 is 2.81 bits per heavy atom. The summed E-state index contributed by atoms with van der Waals surface area (Å²) in [7, 11) is 1.92. The molecule has 0 aliphatic heterocycles. The van der Waals surface area contributed by atoms with Gasteiger partial charge >= 0.3 is 0 Å². The lowest BCUT2D eigenvalue weighted by Gasteiger charge is -2.29. The highest BCUT2D eigenvalue weighted by molar-refractivity contribution is 7.22. The molecule has 164 valence electrons. The van der Waals surface area contributed by atoms with Crippen molar-refractivity contribution in [3.05, 3.63) is 54.5 Å². The maximum absolute atomic E-state index is 11.6.